The van der Waals surface area contributed by atoms with Crippen LogP contribution in [-0.2, 0) is 6.54 Å². The van der Waals surface area contributed by atoms with Gasteiger partial charge in [-0.25, -0.2) is 4.98 Å². The van der Waals surface area contributed by atoms with Crippen LogP contribution < -0.4 is 5.32 Å². The van der Waals surface area contributed by atoms with Crippen LogP contribution in [0.25, 0.3) is 0 Å². The molecule has 2 aromatic rings. The van der Waals surface area contributed by atoms with Gasteiger partial charge in [-0.2, -0.15) is 0 Å². The summed E-state index contributed by atoms with van der Waals surface area (Å²) in [7, 11) is 0. The fraction of sp³-hybridized carbons (Fsp3) is 0.167. The van der Waals surface area contributed by atoms with Crippen LogP contribution in [0, 0.1) is 17.0 Å². The van der Waals surface area contributed by atoms with Crippen molar-refractivity contribution in [3.8, 4) is 0 Å². The molecule has 0 radical (unpaired) electrons. The standard InChI is InChI=1S/C12H10BrN3O3S/c1-7-14-5-8(20-7)6-15-12(17)9-3-2-4-10(11(9)13)16(18)19/h2-5H,6H2,1H3,(H,15,17). The van der Waals surface area contributed by atoms with Crippen molar-refractivity contribution in [1.82, 2.24) is 10.3 Å². The Bertz CT molecular complexity index is 672. The number of hydrogen-bond donors (Lipinski definition) is 1. The first kappa shape index (κ1) is 14.6. The third-order valence-electron chi connectivity index (χ3n) is 2.51. The van der Waals surface area contributed by atoms with Crippen LogP contribution in [0.2, 0.25) is 0 Å². The second kappa shape index (κ2) is 6.10. The smallest absolute Gasteiger partial charge is 0.284 e. The Kier molecular flexibility index (Phi) is 4.46. The Morgan fingerprint density at radius 3 is 2.90 bits per heavy atom. The molecule has 0 bridgehead atoms. The largest absolute Gasteiger partial charge is 0.347 e. The van der Waals surface area contributed by atoms with Crippen molar-refractivity contribution in [2.45, 2.75) is 13.5 Å². The number of aryl methyl sites for hydroxylation is 1. The minimum Gasteiger partial charge on any atom is -0.347 e. The number of nitrogens with one attached hydrogen (secondary N) is 1. The molecular weight excluding hydrogens is 346 g/mol. The minimum absolute atomic E-state index is 0.133. The molecular formula is C12H10BrN3O3S. The third kappa shape index (κ3) is 3.20. The fourth-order valence-electron chi connectivity index (χ4n) is 1.59. The number of aromatic nitrogens is 1. The Labute approximate surface area is 127 Å². The van der Waals surface area contributed by atoms with Gasteiger partial charge in [0, 0.05) is 17.1 Å². The molecule has 0 spiro atoms. The number of hydrogen-bond acceptors (Lipinski definition) is 5. The molecule has 20 heavy (non-hydrogen) atoms. The molecule has 104 valence electrons. The van der Waals surface area contributed by atoms with Gasteiger partial charge in [0.15, 0.2) is 0 Å². The predicted molar refractivity (Wildman–Crippen MR) is 78.8 cm³/mol. The molecule has 0 aliphatic rings. The molecule has 0 unspecified atom stereocenters. The van der Waals surface area contributed by atoms with E-state index < -0.39 is 4.92 Å². The summed E-state index contributed by atoms with van der Waals surface area (Å²) in [6, 6.07) is 4.35. The molecule has 1 aromatic carbocycles. The number of thiazole rings is 1. The lowest BCUT2D eigenvalue weighted by molar-refractivity contribution is -0.385. The third-order valence-corrected chi connectivity index (χ3v) is 4.26. The van der Waals surface area contributed by atoms with Crippen molar-refractivity contribution in [3.63, 3.8) is 0 Å². The van der Waals surface area contributed by atoms with E-state index in [9.17, 15) is 14.9 Å². The lowest BCUT2D eigenvalue weighted by Gasteiger charge is -2.05. The van der Waals surface area contributed by atoms with Crippen LogP contribution in [0.4, 0.5) is 5.69 Å². The van der Waals surface area contributed by atoms with Gasteiger partial charge in [0.1, 0.15) is 4.47 Å². The van der Waals surface area contributed by atoms with E-state index in [1.165, 1.54) is 29.5 Å². The van der Waals surface area contributed by atoms with Gasteiger partial charge in [0.2, 0.25) is 0 Å². The van der Waals surface area contributed by atoms with E-state index in [-0.39, 0.29) is 21.6 Å². The molecule has 1 N–H and O–H groups in total. The zero-order valence-electron chi connectivity index (χ0n) is 10.4. The number of nitrogens with zero attached hydrogens (tertiary/aromatic N) is 2. The summed E-state index contributed by atoms with van der Waals surface area (Å²) >= 11 is 4.59. The van der Waals surface area contributed by atoms with Crippen molar-refractivity contribution in [2.75, 3.05) is 0 Å². The highest BCUT2D eigenvalue weighted by atomic mass is 79.9. The first-order valence-corrected chi connectivity index (χ1v) is 7.22. The number of nitro groups is 1. The summed E-state index contributed by atoms with van der Waals surface area (Å²) in [6.07, 6.45) is 1.70. The van der Waals surface area contributed by atoms with Crippen molar-refractivity contribution >= 4 is 38.9 Å². The molecule has 6 nitrogen and oxygen atoms in total. The molecule has 0 aliphatic carbocycles. The van der Waals surface area contributed by atoms with Crippen molar-refractivity contribution < 1.29 is 9.72 Å². The van der Waals surface area contributed by atoms with Crippen LogP contribution >= 0.6 is 27.3 Å². The number of halogens is 1. The number of benzene rings is 1. The highest BCUT2D eigenvalue weighted by Gasteiger charge is 2.19. The van der Waals surface area contributed by atoms with E-state index in [2.05, 4.69) is 26.2 Å². The van der Waals surface area contributed by atoms with E-state index in [1.54, 1.807) is 6.20 Å². The Balaban J connectivity index is 2.13. The number of amides is 1. The summed E-state index contributed by atoms with van der Waals surface area (Å²) in [4.78, 5) is 27.3. The molecule has 8 heteroatoms. The second-order valence-corrected chi connectivity index (χ2v) is 6.04. The van der Waals surface area contributed by atoms with Crippen molar-refractivity contribution in [2.24, 2.45) is 0 Å². The van der Waals surface area contributed by atoms with Crippen LogP contribution in [-0.4, -0.2) is 15.8 Å². The highest BCUT2D eigenvalue weighted by Crippen LogP contribution is 2.28. The predicted octanol–water partition coefficient (Wildman–Crippen LogP) is 3.05. The Morgan fingerprint density at radius 1 is 1.55 bits per heavy atom. The lowest BCUT2D eigenvalue weighted by Crippen LogP contribution is -2.22. The van der Waals surface area contributed by atoms with Gasteiger partial charge in [-0.05, 0) is 28.9 Å². The molecule has 0 saturated heterocycles. The van der Waals surface area contributed by atoms with Gasteiger partial charge in [0.25, 0.3) is 11.6 Å². The SMILES string of the molecule is Cc1ncc(CNC(=O)c2cccc([N+](=O)[O-])c2Br)s1. The summed E-state index contributed by atoms with van der Waals surface area (Å²) in [5.74, 6) is -0.369. The zero-order chi connectivity index (χ0) is 14.7. The normalized spacial score (nSPS) is 10.3. The van der Waals surface area contributed by atoms with Crippen LogP contribution in [0.5, 0.6) is 0 Å². The van der Waals surface area contributed by atoms with Crippen molar-refractivity contribution in [1.29, 1.82) is 0 Å². The van der Waals surface area contributed by atoms with E-state index in [0.717, 1.165) is 9.88 Å². The van der Waals surface area contributed by atoms with Gasteiger partial charge in [0.05, 0.1) is 22.0 Å². The van der Waals surface area contributed by atoms with E-state index in [4.69, 9.17) is 0 Å². The number of carbonyl (C=O) groups excluding carboxylic acids is 1. The summed E-state index contributed by atoms with van der Waals surface area (Å²) in [5.41, 5.74) is 0.103. The molecule has 0 atom stereocenters. The quantitative estimate of drug-likeness (QED) is 0.674. The van der Waals surface area contributed by atoms with Crippen LogP contribution in [0.15, 0.2) is 28.9 Å². The van der Waals surface area contributed by atoms with Gasteiger partial charge in [-0.1, -0.05) is 6.07 Å². The molecule has 0 aliphatic heterocycles. The maximum Gasteiger partial charge on any atom is 0.284 e. The van der Waals surface area contributed by atoms with E-state index in [1.807, 2.05) is 6.92 Å². The van der Waals surface area contributed by atoms with Gasteiger partial charge in [-0.3, -0.25) is 14.9 Å². The minimum atomic E-state index is -0.534. The Hall–Kier alpha value is -1.80. The highest BCUT2D eigenvalue weighted by molar-refractivity contribution is 9.10. The number of rotatable bonds is 4. The summed E-state index contributed by atoms with van der Waals surface area (Å²) < 4.78 is 0.183. The van der Waals surface area contributed by atoms with Crippen LogP contribution in [0.3, 0.4) is 0 Å². The van der Waals surface area contributed by atoms with Crippen molar-refractivity contribution in [3.05, 3.63) is 54.4 Å². The van der Waals surface area contributed by atoms with Gasteiger partial charge >= 0.3 is 0 Å². The molecule has 1 amide bonds. The molecule has 2 rings (SSSR count). The lowest BCUT2D eigenvalue weighted by atomic mass is 10.2. The number of nitro benzene ring substituents is 1. The van der Waals surface area contributed by atoms with Crippen LogP contribution in [0.1, 0.15) is 20.2 Å². The van der Waals surface area contributed by atoms with Gasteiger partial charge in [-0.15, -0.1) is 11.3 Å². The maximum absolute atomic E-state index is 12.0. The monoisotopic (exact) mass is 355 g/mol. The van der Waals surface area contributed by atoms with E-state index >= 15 is 0 Å². The molecule has 1 heterocycles. The van der Waals surface area contributed by atoms with E-state index in [0.29, 0.717) is 6.54 Å². The molecule has 1 aromatic heterocycles. The molecule has 0 fully saturated rings. The Morgan fingerprint density at radius 2 is 2.30 bits per heavy atom. The fourth-order valence-corrected chi connectivity index (χ4v) is 2.91. The average molecular weight is 356 g/mol. The second-order valence-electron chi connectivity index (χ2n) is 3.92. The average Bonchev–Trinajstić information content (AvgIpc) is 2.81. The topological polar surface area (TPSA) is 85.1 Å². The maximum atomic E-state index is 12.0. The number of carbonyl (C=O) groups is 1. The molecule has 0 saturated carbocycles. The van der Waals surface area contributed by atoms with Gasteiger partial charge < -0.3 is 5.32 Å². The first-order chi connectivity index (χ1) is 9.49. The summed E-state index contributed by atoms with van der Waals surface area (Å²) in [6.45, 7) is 2.23. The zero-order valence-corrected chi connectivity index (χ0v) is 12.8. The first-order valence-electron chi connectivity index (χ1n) is 5.61. The summed E-state index contributed by atoms with van der Waals surface area (Å²) in [5, 5.41) is 14.5.